The van der Waals surface area contributed by atoms with Crippen LogP contribution in [0.15, 0.2) is 59.0 Å². The minimum Gasteiger partial charge on any atom is -0.478 e. The minimum absolute atomic E-state index is 0.00757. The maximum absolute atomic E-state index is 11.7. The molecule has 0 aliphatic heterocycles. The first kappa shape index (κ1) is 18.9. The molecule has 0 bridgehead atoms. The van der Waals surface area contributed by atoms with Crippen LogP contribution in [0.25, 0.3) is 5.57 Å². The number of aliphatic hydroxyl groups excluding tert-OH is 1. The van der Waals surface area contributed by atoms with Gasteiger partial charge in [-0.15, -0.1) is 0 Å². The number of rotatable bonds is 6. The summed E-state index contributed by atoms with van der Waals surface area (Å²) in [7, 11) is -3.33. The van der Waals surface area contributed by atoms with E-state index in [2.05, 4.69) is 0 Å². The normalized spacial score (nSPS) is 12.6. The number of benzene rings is 2. The maximum atomic E-state index is 11.7. The number of hydrogen-bond donors (Lipinski definition) is 2. The number of hydrogen-bond acceptors (Lipinski definition) is 4. The molecular formula is C19H20O5S. The number of aliphatic carboxylic acids is 1. The molecule has 0 saturated carbocycles. The van der Waals surface area contributed by atoms with Gasteiger partial charge in [0.1, 0.15) is 0 Å². The van der Waals surface area contributed by atoms with Crippen molar-refractivity contribution in [1.29, 1.82) is 0 Å². The second-order valence-electron chi connectivity index (χ2n) is 5.79. The van der Waals surface area contributed by atoms with E-state index < -0.39 is 15.8 Å². The molecule has 0 radical (unpaired) electrons. The molecule has 0 unspecified atom stereocenters. The third-order valence-electron chi connectivity index (χ3n) is 3.83. The Bertz CT molecular complexity index is 892. The van der Waals surface area contributed by atoms with Crippen molar-refractivity contribution in [2.45, 2.75) is 18.2 Å². The summed E-state index contributed by atoms with van der Waals surface area (Å²) in [5.74, 6) is -1.11. The molecule has 0 aliphatic rings. The fourth-order valence-electron chi connectivity index (χ4n) is 2.55. The van der Waals surface area contributed by atoms with Crippen molar-refractivity contribution < 1.29 is 23.4 Å². The maximum Gasteiger partial charge on any atom is 0.332 e. The van der Waals surface area contributed by atoms with Crippen molar-refractivity contribution in [3.8, 4) is 0 Å². The fraction of sp³-hybridized carbons (Fsp3) is 0.211. The molecule has 0 fully saturated rings. The molecule has 2 rings (SSSR count). The Labute approximate surface area is 147 Å². The van der Waals surface area contributed by atoms with Crippen molar-refractivity contribution >= 4 is 21.4 Å². The largest absolute Gasteiger partial charge is 0.478 e. The Balaban J connectivity index is 2.68. The second kappa shape index (κ2) is 7.63. The van der Waals surface area contributed by atoms with Gasteiger partial charge in [-0.3, -0.25) is 0 Å². The molecule has 5 nitrogen and oxygen atoms in total. The van der Waals surface area contributed by atoms with E-state index in [9.17, 15) is 23.4 Å². The van der Waals surface area contributed by atoms with Gasteiger partial charge >= 0.3 is 5.97 Å². The van der Waals surface area contributed by atoms with Crippen molar-refractivity contribution in [3.63, 3.8) is 0 Å². The van der Waals surface area contributed by atoms with Crippen LogP contribution in [0.5, 0.6) is 0 Å². The third kappa shape index (κ3) is 4.55. The van der Waals surface area contributed by atoms with E-state index in [4.69, 9.17) is 0 Å². The lowest BCUT2D eigenvalue weighted by molar-refractivity contribution is -0.132. The Morgan fingerprint density at radius 1 is 0.960 bits per heavy atom. The summed E-state index contributed by atoms with van der Waals surface area (Å²) < 4.78 is 23.3. The van der Waals surface area contributed by atoms with E-state index in [0.29, 0.717) is 16.7 Å². The number of aryl methyl sites for hydroxylation is 1. The molecule has 0 atom stereocenters. The van der Waals surface area contributed by atoms with E-state index in [1.54, 1.807) is 12.1 Å². The minimum atomic E-state index is -3.33. The van der Waals surface area contributed by atoms with Gasteiger partial charge in [-0.25, -0.2) is 13.2 Å². The predicted molar refractivity (Wildman–Crippen MR) is 96.1 cm³/mol. The first-order valence-electron chi connectivity index (χ1n) is 7.69. The number of sulfone groups is 1. The first-order chi connectivity index (χ1) is 11.7. The van der Waals surface area contributed by atoms with Gasteiger partial charge < -0.3 is 10.2 Å². The summed E-state index contributed by atoms with van der Waals surface area (Å²) in [6.07, 6.45) is 1.11. The van der Waals surface area contributed by atoms with E-state index >= 15 is 0 Å². The molecule has 132 valence electrons. The molecule has 0 amide bonds. The Hall–Kier alpha value is -2.44. The lowest BCUT2D eigenvalue weighted by atomic mass is 9.91. The number of carboxylic acids is 1. The summed E-state index contributed by atoms with van der Waals surface area (Å²) in [6, 6.07) is 13.5. The van der Waals surface area contributed by atoms with Gasteiger partial charge in [0.2, 0.25) is 0 Å². The van der Waals surface area contributed by atoms with Crippen LogP contribution in [0.4, 0.5) is 0 Å². The first-order valence-corrected chi connectivity index (χ1v) is 9.58. The van der Waals surface area contributed by atoms with Gasteiger partial charge in [0.05, 0.1) is 4.90 Å². The number of carbonyl (C=O) groups is 1. The average Bonchev–Trinajstić information content (AvgIpc) is 2.55. The highest BCUT2D eigenvalue weighted by Crippen LogP contribution is 2.30. The summed E-state index contributed by atoms with van der Waals surface area (Å²) >= 11 is 0. The number of aliphatic hydroxyl groups is 1. The van der Waals surface area contributed by atoms with E-state index in [-0.39, 0.29) is 23.5 Å². The zero-order chi connectivity index (χ0) is 18.6. The molecule has 2 aromatic carbocycles. The third-order valence-corrected chi connectivity index (χ3v) is 4.96. The van der Waals surface area contributed by atoms with E-state index in [0.717, 1.165) is 11.8 Å². The van der Waals surface area contributed by atoms with E-state index in [1.807, 2.05) is 31.2 Å². The summed E-state index contributed by atoms with van der Waals surface area (Å²) in [6.45, 7) is 1.64. The smallest absolute Gasteiger partial charge is 0.332 e. The van der Waals surface area contributed by atoms with Crippen LogP contribution in [0.3, 0.4) is 0 Å². The Morgan fingerprint density at radius 3 is 1.84 bits per heavy atom. The molecule has 6 heteroatoms. The lowest BCUT2D eigenvalue weighted by Gasteiger charge is -2.14. The Morgan fingerprint density at radius 2 is 1.44 bits per heavy atom. The van der Waals surface area contributed by atoms with Crippen LogP contribution >= 0.6 is 0 Å². The van der Waals surface area contributed by atoms with Crippen LogP contribution in [-0.2, 0) is 14.6 Å². The highest BCUT2D eigenvalue weighted by Gasteiger charge is 2.18. The van der Waals surface area contributed by atoms with E-state index in [1.165, 1.54) is 12.1 Å². The molecule has 0 aliphatic carbocycles. The molecule has 0 saturated heterocycles. The monoisotopic (exact) mass is 360 g/mol. The summed E-state index contributed by atoms with van der Waals surface area (Å²) in [5.41, 5.74) is 2.88. The van der Waals surface area contributed by atoms with Gasteiger partial charge in [0.25, 0.3) is 0 Å². The van der Waals surface area contributed by atoms with Crippen LogP contribution < -0.4 is 0 Å². The zero-order valence-corrected chi connectivity index (χ0v) is 14.9. The summed E-state index contributed by atoms with van der Waals surface area (Å²) in [4.78, 5) is 11.9. The molecule has 25 heavy (non-hydrogen) atoms. The van der Waals surface area contributed by atoms with Crippen molar-refractivity contribution in [2.24, 2.45) is 0 Å². The van der Waals surface area contributed by atoms with Gasteiger partial charge in [-0.2, -0.15) is 0 Å². The Kier molecular flexibility index (Phi) is 5.77. The van der Waals surface area contributed by atoms with Crippen molar-refractivity contribution in [3.05, 3.63) is 70.8 Å². The van der Waals surface area contributed by atoms with Crippen LogP contribution in [0.2, 0.25) is 0 Å². The van der Waals surface area contributed by atoms with Gasteiger partial charge in [-0.1, -0.05) is 42.0 Å². The van der Waals surface area contributed by atoms with Crippen LogP contribution in [-0.4, -0.2) is 37.5 Å². The number of carboxylic acid groups (broad SMARTS) is 1. The van der Waals surface area contributed by atoms with Crippen molar-refractivity contribution in [1.82, 2.24) is 0 Å². The quantitative estimate of drug-likeness (QED) is 0.773. The van der Waals surface area contributed by atoms with Gasteiger partial charge in [-0.05, 0) is 35.8 Å². The zero-order valence-electron chi connectivity index (χ0n) is 14.1. The lowest BCUT2D eigenvalue weighted by Crippen LogP contribution is -2.08. The molecule has 0 spiro atoms. The van der Waals surface area contributed by atoms with Gasteiger partial charge in [0, 0.05) is 24.9 Å². The molecule has 0 heterocycles. The second-order valence-corrected chi connectivity index (χ2v) is 7.81. The molecular weight excluding hydrogens is 340 g/mol. The fourth-order valence-corrected chi connectivity index (χ4v) is 3.19. The highest BCUT2D eigenvalue weighted by molar-refractivity contribution is 7.90. The van der Waals surface area contributed by atoms with Crippen LogP contribution in [0.1, 0.15) is 23.1 Å². The standard InChI is InChI=1S/C19H20O5S/c1-13-3-5-14(6-4-13)18(17(11-12-20)19(21)22)15-7-9-16(10-8-15)25(2,23)24/h3-10,20H,11-12H2,1-2H3,(H,21,22). The average molecular weight is 360 g/mol. The molecule has 2 aromatic rings. The summed E-state index contributed by atoms with van der Waals surface area (Å²) in [5, 5.41) is 18.8. The highest BCUT2D eigenvalue weighted by atomic mass is 32.2. The molecule has 2 N–H and O–H groups in total. The van der Waals surface area contributed by atoms with Gasteiger partial charge in [0.15, 0.2) is 9.84 Å². The van der Waals surface area contributed by atoms with Crippen molar-refractivity contribution in [2.75, 3.05) is 12.9 Å². The SMILES string of the molecule is Cc1ccc(C(=C(CCO)C(=O)O)c2ccc(S(C)(=O)=O)cc2)cc1. The molecule has 0 aromatic heterocycles. The predicted octanol–water partition coefficient (Wildman–Crippen LogP) is 2.67. The van der Waals surface area contributed by atoms with Crippen LogP contribution in [0, 0.1) is 6.92 Å². The topological polar surface area (TPSA) is 91.7 Å².